The minimum Gasteiger partial charge on any atom is -0.377 e. The first-order chi connectivity index (χ1) is 7.14. The van der Waals surface area contributed by atoms with E-state index in [1.54, 1.807) is 0 Å². The van der Waals surface area contributed by atoms with E-state index in [1.165, 1.54) is 38.5 Å². The van der Waals surface area contributed by atoms with E-state index in [4.69, 9.17) is 4.74 Å². The van der Waals surface area contributed by atoms with Crippen LogP contribution in [0.1, 0.15) is 59.3 Å². The number of hydrogen-bond donors (Lipinski definition) is 1. The van der Waals surface area contributed by atoms with Crippen molar-refractivity contribution in [1.82, 2.24) is 5.32 Å². The van der Waals surface area contributed by atoms with Crippen LogP contribution in [0.2, 0.25) is 0 Å². The van der Waals surface area contributed by atoms with Crippen LogP contribution in [0, 0.1) is 0 Å². The van der Waals surface area contributed by atoms with Gasteiger partial charge in [-0.25, -0.2) is 0 Å². The molecule has 0 aromatic rings. The van der Waals surface area contributed by atoms with E-state index < -0.39 is 0 Å². The van der Waals surface area contributed by atoms with Gasteiger partial charge in [0.1, 0.15) is 0 Å². The molecule has 0 saturated carbocycles. The Morgan fingerprint density at radius 1 is 1.33 bits per heavy atom. The zero-order chi connectivity index (χ0) is 11.1. The van der Waals surface area contributed by atoms with Crippen LogP contribution < -0.4 is 5.32 Å². The molecule has 0 aromatic heterocycles. The van der Waals surface area contributed by atoms with Crippen molar-refractivity contribution in [3.8, 4) is 0 Å². The van der Waals surface area contributed by atoms with Crippen molar-refractivity contribution in [1.29, 1.82) is 0 Å². The van der Waals surface area contributed by atoms with Crippen molar-refractivity contribution in [2.45, 2.75) is 70.9 Å². The minimum absolute atomic E-state index is 0.279. The van der Waals surface area contributed by atoms with Crippen molar-refractivity contribution >= 4 is 0 Å². The summed E-state index contributed by atoms with van der Waals surface area (Å²) < 4.78 is 5.61. The van der Waals surface area contributed by atoms with Gasteiger partial charge in [0, 0.05) is 18.7 Å². The standard InChI is InChI=1S/C13H27NO/c1-4-5-6-9-13(2,3)14-11-12-8-7-10-15-12/h12,14H,4-11H2,1-3H3. The molecule has 2 nitrogen and oxygen atoms in total. The minimum atomic E-state index is 0.279. The van der Waals surface area contributed by atoms with Gasteiger partial charge in [0.25, 0.3) is 0 Å². The Hall–Kier alpha value is -0.0800. The molecule has 0 amide bonds. The molecule has 0 bridgehead atoms. The summed E-state index contributed by atoms with van der Waals surface area (Å²) in [5, 5.41) is 3.63. The number of unbranched alkanes of at least 4 members (excludes halogenated alkanes) is 2. The number of ether oxygens (including phenoxy) is 1. The summed E-state index contributed by atoms with van der Waals surface area (Å²) >= 11 is 0. The molecule has 2 heteroatoms. The lowest BCUT2D eigenvalue weighted by molar-refractivity contribution is 0.102. The second kappa shape index (κ2) is 6.49. The van der Waals surface area contributed by atoms with Gasteiger partial charge >= 0.3 is 0 Å². The van der Waals surface area contributed by atoms with Crippen LogP contribution in [0.25, 0.3) is 0 Å². The van der Waals surface area contributed by atoms with Crippen molar-refractivity contribution in [2.24, 2.45) is 0 Å². The molecular formula is C13H27NO. The molecule has 1 atom stereocenters. The molecule has 1 heterocycles. The third-order valence-electron chi connectivity index (χ3n) is 3.24. The Labute approximate surface area is 94.8 Å². The topological polar surface area (TPSA) is 21.3 Å². The van der Waals surface area contributed by atoms with Crippen molar-refractivity contribution < 1.29 is 4.74 Å². The molecule has 0 aliphatic carbocycles. The first kappa shape index (κ1) is 13.0. The molecule has 1 saturated heterocycles. The molecule has 1 aliphatic rings. The maximum Gasteiger partial charge on any atom is 0.0700 e. The highest BCUT2D eigenvalue weighted by atomic mass is 16.5. The Morgan fingerprint density at radius 2 is 2.13 bits per heavy atom. The smallest absolute Gasteiger partial charge is 0.0700 e. The normalized spacial score (nSPS) is 22.2. The number of hydrogen-bond acceptors (Lipinski definition) is 2. The van der Waals surface area contributed by atoms with Gasteiger partial charge in [-0.15, -0.1) is 0 Å². The van der Waals surface area contributed by atoms with E-state index in [0.717, 1.165) is 13.2 Å². The van der Waals surface area contributed by atoms with Gasteiger partial charge in [-0.2, -0.15) is 0 Å². The van der Waals surface area contributed by atoms with Crippen LogP contribution in [-0.2, 0) is 4.74 Å². The van der Waals surface area contributed by atoms with E-state index in [1.807, 2.05) is 0 Å². The SMILES string of the molecule is CCCCCC(C)(C)NCC1CCCO1. The third-order valence-corrected chi connectivity index (χ3v) is 3.24. The molecular weight excluding hydrogens is 186 g/mol. The largest absolute Gasteiger partial charge is 0.377 e. The quantitative estimate of drug-likeness (QED) is 0.656. The summed E-state index contributed by atoms with van der Waals surface area (Å²) in [5.41, 5.74) is 0.279. The molecule has 1 unspecified atom stereocenters. The number of nitrogens with one attached hydrogen (secondary N) is 1. The second-order valence-corrected chi connectivity index (χ2v) is 5.36. The molecule has 0 spiro atoms. The van der Waals surface area contributed by atoms with Gasteiger partial charge in [-0.1, -0.05) is 26.2 Å². The van der Waals surface area contributed by atoms with Crippen molar-refractivity contribution in [2.75, 3.05) is 13.2 Å². The molecule has 1 rings (SSSR count). The second-order valence-electron chi connectivity index (χ2n) is 5.36. The lowest BCUT2D eigenvalue weighted by Gasteiger charge is -2.28. The highest BCUT2D eigenvalue weighted by molar-refractivity contribution is 4.80. The predicted molar refractivity (Wildman–Crippen MR) is 65.2 cm³/mol. The zero-order valence-corrected chi connectivity index (χ0v) is 10.6. The Bertz CT molecular complexity index is 162. The summed E-state index contributed by atoms with van der Waals surface area (Å²) in [6, 6.07) is 0. The van der Waals surface area contributed by atoms with Gasteiger partial charge in [0.15, 0.2) is 0 Å². The Balaban J connectivity index is 2.10. The van der Waals surface area contributed by atoms with Crippen molar-refractivity contribution in [3.05, 3.63) is 0 Å². The number of rotatable bonds is 7. The van der Waals surface area contributed by atoms with E-state index in [0.29, 0.717) is 6.10 Å². The zero-order valence-electron chi connectivity index (χ0n) is 10.6. The lowest BCUT2D eigenvalue weighted by atomic mass is 9.96. The summed E-state index contributed by atoms with van der Waals surface area (Å²) in [7, 11) is 0. The lowest BCUT2D eigenvalue weighted by Crippen LogP contribution is -2.43. The van der Waals surface area contributed by atoms with Crippen LogP contribution in [0.3, 0.4) is 0 Å². The van der Waals surface area contributed by atoms with E-state index in [9.17, 15) is 0 Å². The van der Waals surface area contributed by atoms with Gasteiger partial charge in [0.2, 0.25) is 0 Å². The average Bonchev–Trinajstić information content (AvgIpc) is 2.68. The van der Waals surface area contributed by atoms with Crippen LogP contribution >= 0.6 is 0 Å². The van der Waals surface area contributed by atoms with E-state index in [2.05, 4.69) is 26.1 Å². The summed E-state index contributed by atoms with van der Waals surface area (Å²) in [4.78, 5) is 0. The van der Waals surface area contributed by atoms with Gasteiger partial charge in [-0.05, 0) is 33.1 Å². The van der Waals surface area contributed by atoms with Crippen molar-refractivity contribution in [3.63, 3.8) is 0 Å². The first-order valence-electron chi connectivity index (χ1n) is 6.51. The molecule has 90 valence electrons. The van der Waals surface area contributed by atoms with Gasteiger partial charge < -0.3 is 10.1 Å². The third kappa shape index (κ3) is 5.53. The predicted octanol–water partition coefficient (Wildman–Crippen LogP) is 3.11. The highest BCUT2D eigenvalue weighted by Crippen LogP contribution is 2.16. The van der Waals surface area contributed by atoms with Gasteiger partial charge in [0.05, 0.1) is 6.10 Å². The molecule has 0 aromatic carbocycles. The fourth-order valence-corrected chi connectivity index (χ4v) is 2.10. The Morgan fingerprint density at radius 3 is 2.73 bits per heavy atom. The molecule has 0 radical (unpaired) electrons. The van der Waals surface area contributed by atoms with E-state index >= 15 is 0 Å². The summed E-state index contributed by atoms with van der Waals surface area (Å²) in [6.07, 6.45) is 8.21. The fourth-order valence-electron chi connectivity index (χ4n) is 2.10. The van der Waals surface area contributed by atoms with Crippen LogP contribution in [-0.4, -0.2) is 24.8 Å². The van der Waals surface area contributed by atoms with Crippen LogP contribution in [0.4, 0.5) is 0 Å². The maximum absolute atomic E-state index is 5.61. The Kier molecular flexibility index (Phi) is 5.62. The van der Waals surface area contributed by atoms with Gasteiger partial charge in [-0.3, -0.25) is 0 Å². The summed E-state index contributed by atoms with van der Waals surface area (Å²) in [6.45, 7) is 8.85. The molecule has 1 aliphatic heterocycles. The molecule has 1 N–H and O–H groups in total. The molecule has 1 fully saturated rings. The first-order valence-corrected chi connectivity index (χ1v) is 6.51. The molecule has 15 heavy (non-hydrogen) atoms. The monoisotopic (exact) mass is 213 g/mol. The maximum atomic E-state index is 5.61. The van der Waals surface area contributed by atoms with Crippen LogP contribution in [0.15, 0.2) is 0 Å². The fraction of sp³-hybridized carbons (Fsp3) is 1.00. The van der Waals surface area contributed by atoms with Crippen LogP contribution in [0.5, 0.6) is 0 Å². The summed E-state index contributed by atoms with van der Waals surface area (Å²) in [5.74, 6) is 0. The highest BCUT2D eigenvalue weighted by Gasteiger charge is 2.21. The van der Waals surface area contributed by atoms with E-state index in [-0.39, 0.29) is 5.54 Å². The average molecular weight is 213 g/mol.